The number of halogens is 1. The van der Waals surface area contributed by atoms with Crippen LogP contribution in [0.15, 0.2) is 24.3 Å². The van der Waals surface area contributed by atoms with E-state index in [-0.39, 0.29) is 0 Å². The first-order valence-electron chi connectivity index (χ1n) is 6.77. The molecule has 0 aliphatic heterocycles. The summed E-state index contributed by atoms with van der Waals surface area (Å²) in [4.78, 5) is 2.35. The molecule has 1 atom stereocenters. The number of methoxy groups -OCH3 is 1. The molecule has 0 saturated carbocycles. The van der Waals surface area contributed by atoms with Gasteiger partial charge in [-0.05, 0) is 51.2 Å². The Morgan fingerprint density at radius 1 is 1.26 bits per heavy atom. The molecule has 0 saturated heterocycles. The van der Waals surface area contributed by atoms with Gasteiger partial charge in [0.05, 0.1) is 0 Å². The van der Waals surface area contributed by atoms with Crippen LogP contribution in [0.1, 0.15) is 24.4 Å². The summed E-state index contributed by atoms with van der Waals surface area (Å²) in [7, 11) is 5.91. The average Bonchev–Trinajstić information content (AvgIpc) is 2.41. The molecular formula is C15H25ClN2O. The predicted molar refractivity (Wildman–Crippen MR) is 81.9 cm³/mol. The molecule has 0 aromatic heterocycles. The number of nitrogens with zero attached hydrogens (tertiary/aromatic N) is 1. The van der Waals surface area contributed by atoms with Gasteiger partial charge in [0.2, 0.25) is 0 Å². The molecule has 0 bridgehead atoms. The summed E-state index contributed by atoms with van der Waals surface area (Å²) < 4.78 is 5.07. The van der Waals surface area contributed by atoms with Crippen LogP contribution in [0.4, 0.5) is 0 Å². The SMILES string of the molecule is CNC(CCN(C)CCCOC)c1ccc(Cl)cc1. The van der Waals surface area contributed by atoms with Gasteiger partial charge in [0, 0.05) is 31.3 Å². The van der Waals surface area contributed by atoms with Crippen molar-refractivity contribution in [1.29, 1.82) is 0 Å². The zero-order valence-electron chi connectivity index (χ0n) is 12.2. The number of ether oxygens (including phenoxy) is 1. The third-order valence-corrected chi connectivity index (χ3v) is 3.56. The lowest BCUT2D eigenvalue weighted by molar-refractivity contribution is 0.178. The minimum absolute atomic E-state index is 0.377. The predicted octanol–water partition coefficient (Wildman–Crippen LogP) is 2.96. The van der Waals surface area contributed by atoms with Crippen molar-refractivity contribution < 1.29 is 4.74 Å². The first-order valence-corrected chi connectivity index (χ1v) is 7.15. The fourth-order valence-electron chi connectivity index (χ4n) is 2.11. The van der Waals surface area contributed by atoms with Crippen LogP contribution in [0, 0.1) is 0 Å². The van der Waals surface area contributed by atoms with Crippen molar-refractivity contribution >= 4 is 11.6 Å². The van der Waals surface area contributed by atoms with E-state index < -0.39 is 0 Å². The molecule has 0 radical (unpaired) electrons. The Hall–Kier alpha value is -0.610. The Labute approximate surface area is 121 Å². The van der Waals surface area contributed by atoms with E-state index in [1.54, 1.807) is 7.11 Å². The second-order valence-corrected chi connectivity index (χ2v) is 5.27. The maximum atomic E-state index is 5.92. The van der Waals surface area contributed by atoms with Crippen LogP contribution in [0.3, 0.4) is 0 Å². The molecule has 1 aromatic carbocycles. The molecule has 1 N–H and O–H groups in total. The zero-order chi connectivity index (χ0) is 14.1. The lowest BCUT2D eigenvalue weighted by Crippen LogP contribution is -2.26. The van der Waals surface area contributed by atoms with Gasteiger partial charge in [-0.2, -0.15) is 0 Å². The number of hydrogen-bond acceptors (Lipinski definition) is 3. The van der Waals surface area contributed by atoms with Gasteiger partial charge < -0.3 is 15.0 Å². The largest absolute Gasteiger partial charge is 0.385 e. The molecule has 3 nitrogen and oxygen atoms in total. The Balaban J connectivity index is 2.38. The van der Waals surface area contributed by atoms with E-state index in [2.05, 4.69) is 29.4 Å². The van der Waals surface area contributed by atoms with Gasteiger partial charge in [-0.1, -0.05) is 23.7 Å². The first kappa shape index (κ1) is 16.4. The standard InChI is InChI=1S/C15H25ClN2O/c1-17-15(13-5-7-14(16)8-6-13)9-11-18(2)10-4-12-19-3/h5-8,15,17H,4,9-12H2,1-3H3. The summed E-state index contributed by atoms with van der Waals surface area (Å²) >= 11 is 5.92. The minimum Gasteiger partial charge on any atom is -0.385 e. The Morgan fingerprint density at radius 2 is 1.95 bits per heavy atom. The normalized spacial score (nSPS) is 12.9. The van der Waals surface area contributed by atoms with Gasteiger partial charge >= 0.3 is 0 Å². The number of rotatable bonds is 9. The van der Waals surface area contributed by atoms with Crippen molar-refractivity contribution in [2.75, 3.05) is 40.9 Å². The first-order chi connectivity index (χ1) is 9.17. The van der Waals surface area contributed by atoms with E-state index in [1.165, 1.54) is 5.56 Å². The monoisotopic (exact) mass is 284 g/mol. The van der Waals surface area contributed by atoms with Crippen LogP contribution in [-0.4, -0.2) is 45.8 Å². The van der Waals surface area contributed by atoms with Gasteiger partial charge in [0.1, 0.15) is 0 Å². The molecule has 1 aromatic rings. The van der Waals surface area contributed by atoms with Gasteiger partial charge in [-0.25, -0.2) is 0 Å². The number of nitrogens with one attached hydrogen (secondary N) is 1. The quantitative estimate of drug-likeness (QED) is 0.706. The molecule has 108 valence electrons. The van der Waals surface area contributed by atoms with Crippen molar-refractivity contribution in [3.05, 3.63) is 34.9 Å². The van der Waals surface area contributed by atoms with Crippen LogP contribution in [0.5, 0.6) is 0 Å². The number of benzene rings is 1. The highest BCUT2D eigenvalue weighted by Crippen LogP contribution is 2.19. The van der Waals surface area contributed by atoms with Gasteiger partial charge in [0.25, 0.3) is 0 Å². The molecule has 1 unspecified atom stereocenters. The molecule has 0 aliphatic carbocycles. The van der Waals surface area contributed by atoms with Gasteiger partial charge in [-0.3, -0.25) is 0 Å². The highest BCUT2D eigenvalue weighted by molar-refractivity contribution is 6.30. The van der Waals surface area contributed by atoms with E-state index in [0.29, 0.717) is 6.04 Å². The fraction of sp³-hybridized carbons (Fsp3) is 0.600. The molecule has 0 spiro atoms. The van der Waals surface area contributed by atoms with Crippen LogP contribution in [0.2, 0.25) is 5.02 Å². The molecule has 4 heteroatoms. The molecule has 19 heavy (non-hydrogen) atoms. The van der Waals surface area contributed by atoms with Crippen LogP contribution >= 0.6 is 11.6 Å². The lowest BCUT2D eigenvalue weighted by atomic mass is 10.0. The average molecular weight is 285 g/mol. The van der Waals surface area contributed by atoms with Crippen molar-refractivity contribution in [2.24, 2.45) is 0 Å². The van der Waals surface area contributed by atoms with Gasteiger partial charge in [0.15, 0.2) is 0 Å². The van der Waals surface area contributed by atoms with Crippen LogP contribution in [-0.2, 0) is 4.74 Å². The van der Waals surface area contributed by atoms with Crippen molar-refractivity contribution in [3.8, 4) is 0 Å². The summed E-state index contributed by atoms with van der Waals surface area (Å²) in [5.41, 5.74) is 1.29. The van der Waals surface area contributed by atoms with Crippen LogP contribution < -0.4 is 5.32 Å². The van der Waals surface area contributed by atoms with E-state index in [9.17, 15) is 0 Å². The summed E-state index contributed by atoms with van der Waals surface area (Å²) in [6, 6.07) is 8.46. The second kappa shape index (κ2) is 9.32. The highest BCUT2D eigenvalue weighted by Gasteiger charge is 2.10. The maximum Gasteiger partial charge on any atom is 0.0474 e. The van der Waals surface area contributed by atoms with Crippen molar-refractivity contribution in [2.45, 2.75) is 18.9 Å². The third kappa shape index (κ3) is 6.39. The van der Waals surface area contributed by atoms with E-state index in [4.69, 9.17) is 16.3 Å². The summed E-state index contributed by atoms with van der Waals surface area (Å²) in [6.07, 6.45) is 2.17. The smallest absolute Gasteiger partial charge is 0.0474 e. The summed E-state index contributed by atoms with van der Waals surface area (Å²) in [5.74, 6) is 0. The topological polar surface area (TPSA) is 24.5 Å². The van der Waals surface area contributed by atoms with Crippen molar-refractivity contribution in [3.63, 3.8) is 0 Å². The van der Waals surface area contributed by atoms with Crippen molar-refractivity contribution in [1.82, 2.24) is 10.2 Å². The van der Waals surface area contributed by atoms with Crippen LogP contribution in [0.25, 0.3) is 0 Å². The zero-order valence-corrected chi connectivity index (χ0v) is 12.9. The molecular weight excluding hydrogens is 260 g/mol. The third-order valence-electron chi connectivity index (χ3n) is 3.31. The molecule has 1 rings (SSSR count). The van der Waals surface area contributed by atoms with E-state index in [1.807, 2.05) is 19.2 Å². The lowest BCUT2D eigenvalue weighted by Gasteiger charge is -2.21. The molecule has 0 heterocycles. The number of hydrogen-bond donors (Lipinski definition) is 1. The molecule has 0 fully saturated rings. The highest BCUT2D eigenvalue weighted by atomic mass is 35.5. The Kier molecular flexibility index (Phi) is 8.07. The fourth-order valence-corrected chi connectivity index (χ4v) is 2.24. The summed E-state index contributed by atoms with van der Waals surface area (Å²) in [5, 5.41) is 4.15. The Morgan fingerprint density at radius 3 is 2.53 bits per heavy atom. The maximum absolute atomic E-state index is 5.92. The Bertz CT molecular complexity index is 343. The summed E-state index contributed by atoms with van der Waals surface area (Å²) in [6.45, 7) is 2.97. The van der Waals surface area contributed by atoms with Gasteiger partial charge in [-0.15, -0.1) is 0 Å². The minimum atomic E-state index is 0.377. The molecule has 0 aliphatic rings. The molecule has 0 amide bonds. The van der Waals surface area contributed by atoms with E-state index >= 15 is 0 Å². The second-order valence-electron chi connectivity index (χ2n) is 4.83. The van der Waals surface area contributed by atoms with E-state index in [0.717, 1.165) is 37.6 Å².